The molecule has 1 aliphatic rings. The van der Waals surface area contributed by atoms with Crippen molar-refractivity contribution in [2.45, 2.75) is 44.0 Å². The number of carbonyl (C=O) groups is 3. The minimum absolute atomic E-state index is 0.163. The Kier molecular flexibility index (Phi) is 9.52. The van der Waals surface area contributed by atoms with Crippen LogP contribution in [-0.4, -0.2) is 52.7 Å². The molecule has 1 aliphatic heterocycles. The van der Waals surface area contributed by atoms with Gasteiger partial charge in [-0.3, -0.25) is 14.4 Å². The van der Waals surface area contributed by atoms with Crippen LogP contribution in [-0.2, 0) is 14.4 Å². The number of hydrogen-bond donors (Lipinski definition) is 2. The first-order chi connectivity index (χ1) is 14.2. The molecule has 0 spiro atoms. The van der Waals surface area contributed by atoms with Gasteiger partial charge in [0, 0.05) is 30.0 Å². The maximum absolute atomic E-state index is 12.5. The molecule has 0 saturated carbocycles. The number of amides is 2. The minimum Gasteiger partial charge on any atom is -0.480 e. The normalized spacial score (nSPS) is 15.9. The van der Waals surface area contributed by atoms with Crippen LogP contribution in [0.4, 0.5) is 0 Å². The van der Waals surface area contributed by atoms with Crippen LogP contribution in [0, 0.1) is 5.92 Å². The number of nitrogens with zero attached hydrogens (tertiary/aromatic N) is 1. The summed E-state index contributed by atoms with van der Waals surface area (Å²) in [6, 6.07) is 2.82. The fraction of sp³-hybridized carbons (Fsp3) is 0.476. The first-order valence-corrected chi connectivity index (χ1v) is 11.6. The number of benzene rings is 1. The van der Waals surface area contributed by atoms with E-state index in [1.807, 2.05) is 12.1 Å². The second-order valence-corrected chi connectivity index (χ2v) is 9.02. The Morgan fingerprint density at radius 3 is 2.53 bits per heavy atom. The highest BCUT2D eigenvalue weighted by atomic mass is 35.5. The van der Waals surface area contributed by atoms with Gasteiger partial charge >= 0.3 is 5.97 Å². The maximum atomic E-state index is 12.5. The van der Waals surface area contributed by atoms with E-state index in [1.165, 1.54) is 13.0 Å². The largest absolute Gasteiger partial charge is 0.480 e. The Bertz CT molecular complexity index is 823. The van der Waals surface area contributed by atoms with Gasteiger partial charge in [0.05, 0.1) is 10.0 Å². The maximum Gasteiger partial charge on any atom is 0.325 e. The van der Waals surface area contributed by atoms with Gasteiger partial charge in [-0.2, -0.15) is 0 Å². The zero-order valence-electron chi connectivity index (χ0n) is 17.0. The summed E-state index contributed by atoms with van der Waals surface area (Å²) in [7, 11) is 0. The average Bonchev–Trinajstić information content (AvgIpc) is 2.73. The van der Waals surface area contributed by atoms with Gasteiger partial charge in [-0.25, -0.2) is 0 Å². The van der Waals surface area contributed by atoms with Gasteiger partial charge in [0.25, 0.3) is 0 Å². The minimum atomic E-state index is -1.07. The van der Waals surface area contributed by atoms with E-state index in [4.69, 9.17) is 28.3 Å². The molecule has 2 rings (SSSR count). The third-order valence-corrected chi connectivity index (χ3v) is 7.12. The van der Waals surface area contributed by atoms with E-state index in [-0.39, 0.29) is 17.7 Å². The summed E-state index contributed by atoms with van der Waals surface area (Å²) in [6.07, 6.45) is 5.13. The SMILES string of the molecule is CCCSc1ccc(/C=C/C(=O)N2CCC(C(=O)NC(C)C(=O)O)CC2)c(Cl)c1Cl. The Morgan fingerprint density at radius 1 is 1.27 bits per heavy atom. The van der Waals surface area contributed by atoms with Crippen LogP contribution >= 0.6 is 35.0 Å². The van der Waals surface area contributed by atoms with Crippen molar-refractivity contribution in [2.24, 2.45) is 5.92 Å². The Hall–Kier alpha value is -1.70. The number of thioether (sulfide) groups is 1. The Labute approximate surface area is 191 Å². The number of carboxylic acid groups (broad SMARTS) is 1. The Balaban J connectivity index is 1.92. The van der Waals surface area contributed by atoms with Gasteiger partial charge in [0.1, 0.15) is 6.04 Å². The number of rotatable bonds is 8. The average molecular weight is 473 g/mol. The first kappa shape index (κ1) is 24.6. The van der Waals surface area contributed by atoms with Crippen molar-refractivity contribution in [3.63, 3.8) is 0 Å². The van der Waals surface area contributed by atoms with Gasteiger partial charge in [0.2, 0.25) is 11.8 Å². The molecular formula is C21H26Cl2N2O4S. The van der Waals surface area contributed by atoms with E-state index < -0.39 is 12.0 Å². The molecule has 0 bridgehead atoms. The number of piperidine rings is 1. The van der Waals surface area contributed by atoms with Crippen molar-refractivity contribution >= 4 is 58.8 Å². The van der Waals surface area contributed by atoms with Crippen molar-refractivity contribution in [1.82, 2.24) is 10.2 Å². The first-order valence-electron chi connectivity index (χ1n) is 9.85. The number of hydrogen-bond acceptors (Lipinski definition) is 4. The molecule has 164 valence electrons. The zero-order valence-corrected chi connectivity index (χ0v) is 19.3. The number of carboxylic acids is 1. The molecule has 1 unspecified atom stereocenters. The zero-order chi connectivity index (χ0) is 22.3. The number of carbonyl (C=O) groups excluding carboxylic acids is 2. The summed E-state index contributed by atoms with van der Waals surface area (Å²) in [4.78, 5) is 38.1. The molecule has 1 aromatic rings. The number of halogens is 2. The molecule has 1 heterocycles. The highest BCUT2D eigenvalue weighted by molar-refractivity contribution is 7.99. The van der Waals surface area contributed by atoms with E-state index in [0.717, 1.165) is 17.1 Å². The molecule has 6 nitrogen and oxygen atoms in total. The lowest BCUT2D eigenvalue weighted by molar-refractivity contribution is -0.142. The van der Waals surface area contributed by atoms with Crippen molar-refractivity contribution in [1.29, 1.82) is 0 Å². The highest BCUT2D eigenvalue weighted by Crippen LogP contribution is 2.36. The fourth-order valence-corrected chi connectivity index (χ4v) is 4.46. The number of likely N-dealkylation sites (tertiary alicyclic amines) is 1. The lowest BCUT2D eigenvalue weighted by Gasteiger charge is -2.31. The van der Waals surface area contributed by atoms with Crippen LogP contribution in [0.15, 0.2) is 23.1 Å². The predicted molar refractivity (Wildman–Crippen MR) is 121 cm³/mol. The monoisotopic (exact) mass is 472 g/mol. The number of aliphatic carboxylic acids is 1. The third kappa shape index (κ3) is 6.65. The van der Waals surface area contributed by atoms with Gasteiger partial charge < -0.3 is 15.3 Å². The third-order valence-electron chi connectivity index (χ3n) is 4.85. The van der Waals surface area contributed by atoms with Gasteiger partial charge in [-0.15, -0.1) is 11.8 Å². The molecule has 1 atom stereocenters. The molecule has 0 aliphatic carbocycles. The summed E-state index contributed by atoms with van der Waals surface area (Å²) in [6.45, 7) is 4.39. The molecule has 9 heteroatoms. The smallest absolute Gasteiger partial charge is 0.325 e. The van der Waals surface area contributed by atoms with Crippen molar-refractivity contribution in [2.75, 3.05) is 18.8 Å². The summed E-state index contributed by atoms with van der Waals surface area (Å²) >= 11 is 14.3. The van der Waals surface area contributed by atoms with Crippen LogP contribution < -0.4 is 5.32 Å². The molecule has 0 aromatic heterocycles. The van der Waals surface area contributed by atoms with Crippen molar-refractivity contribution in [3.8, 4) is 0 Å². The second-order valence-electron chi connectivity index (χ2n) is 7.13. The van der Waals surface area contributed by atoms with E-state index in [1.54, 1.807) is 22.7 Å². The predicted octanol–water partition coefficient (Wildman–Crippen LogP) is 4.34. The Morgan fingerprint density at radius 2 is 1.93 bits per heavy atom. The topological polar surface area (TPSA) is 86.7 Å². The summed E-state index contributed by atoms with van der Waals surface area (Å²) in [5, 5.41) is 12.3. The lowest BCUT2D eigenvalue weighted by Crippen LogP contribution is -2.46. The van der Waals surface area contributed by atoms with Gasteiger partial charge in [0.15, 0.2) is 0 Å². The molecule has 30 heavy (non-hydrogen) atoms. The number of nitrogens with one attached hydrogen (secondary N) is 1. The summed E-state index contributed by atoms with van der Waals surface area (Å²) < 4.78 is 0. The van der Waals surface area contributed by atoms with E-state index in [0.29, 0.717) is 41.5 Å². The van der Waals surface area contributed by atoms with Crippen LogP contribution in [0.2, 0.25) is 10.0 Å². The van der Waals surface area contributed by atoms with E-state index in [9.17, 15) is 14.4 Å². The molecular weight excluding hydrogens is 447 g/mol. The fourth-order valence-electron chi connectivity index (χ4n) is 3.02. The molecule has 1 fully saturated rings. The quantitative estimate of drug-likeness (QED) is 0.434. The van der Waals surface area contributed by atoms with Crippen molar-refractivity contribution in [3.05, 3.63) is 33.8 Å². The molecule has 2 amide bonds. The van der Waals surface area contributed by atoms with Gasteiger partial charge in [-0.1, -0.05) is 36.2 Å². The van der Waals surface area contributed by atoms with Crippen LogP contribution in [0.5, 0.6) is 0 Å². The summed E-state index contributed by atoms with van der Waals surface area (Å²) in [5.41, 5.74) is 0.674. The standard InChI is InChI=1S/C21H26Cl2N2O4S/c1-3-12-30-16-6-4-14(18(22)19(16)23)5-7-17(26)25-10-8-15(9-11-25)20(27)24-13(2)21(28)29/h4-7,13,15H,3,8-12H2,1-2H3,(H,24,27)(H,28,29)/b7-5+. The summed E-state index contributed by atoms with van der Waals surface area (Å²) in [5.74, 6) is -0.857. The van der Waals surface area contributed by atoms with Crippen LogP contribution in [0.3, 0.4) is 0 Å². The van der Waals surface area contributed by atoms with Crippen LogP contribution in [0.25, 0.3) is 6.08 Å². The molecule has 1 aromatic carbocycles. The molecule has 0 radical (unpaired) electrons. The van der Waals surface area contributed by atoms with E-state index in [2.05, 4.69) is 12.2 Å². The van der Waals surface area contributed by atoms with Crippen molar-refractivity contribution < 1.29 is 19.5 Å². The second kappa shape index (κ2) is 11.6. The van der Waals surface area contributed by atoms with Gasteiger partial charge in [-0.05, 0) is 49.6 Å². The lowest BCUT2D eigenvalue weighted by atomic mass is 9.95. The van der Waals surface area contributed by atoms with E-state index >= 15 is 0 Å². The highest BCUT2D eigenvalue weighted by Gasteiger charge is 2.28. The van der Waals surface area contributed by atoms with Crippen LogP contribution in [0.1, 0.15) is 38.7 Å². The molecule has 2 N–H and O–H groups in total. The molecule has 1 saturated heterocycles.